The van der Waals surface area contributed by atoms with Gasteiger partial charge in [0, 0.05) is 20.0 Å². The van der Waals surface area contributed by atoms with E-state index in [0.717, 1.165) is 18.7 Å². The second-order valence-corrected chi connectivity index (χ2v) is 5.80. The highest BCUT2D eigenvalue weighted by Gasteiger charge is 2.23. The van der Waals surface area contributed by atoms with Crippen molar-refractivity contribution >= 4 is 23.2 Å². The minimum Gasteiger partial charge on any atom is -0.424 e. The molecule has 1 aromatic carbocycles. The summed E-state index contributed by atoms with van der Waals surface area (Å²) in [4.78, 5) is 2.23. The highest BCUT2D eigenvalue weighted by atomic mass is 35.5. The Morgan fingerprint density at radius 1 is 1.29 bits per heavy atom. The molecule has 0 amide bonds. The van der Waals surface area contributed by atoms with Crippen LogP contribution in [0.15, 0.2) is 22.6 Å². The summed E-state index contributed by atoms with van der Waals surface area (Å²) in [7, 11) is 0. The van der Waals surface area contributed by atoms with Gasteiger partial charge in [0.15, 0.2) is 0 Å². The van der Waals surface area contributed by atoms with Gasteiger partial charge in [0.2, 0.25) is 11.8 Å². The maximum atomic E-state index is 6.07. The van der Waals surface area contributed by atoms with Crippen LogP contribution in [-0.4, -0.2) is 34.8 Å². The number of hydrogen-bond acceptors (Lipinski definition) is 5. The van der Waals surface area contributed by atoms with Crippen molar-refractivity contribution in [3.05, 3.63) is 45.6 Å². The van der Waals surface area contributed by atoms with Crippen molar-refractivity contribution in [3.63, 3.8) is 0 Å². The molecule has 1 saturated heterocycles. The molecule has 7 heteroatoms. The Labute approximate surface area is 132 Å². The minimum absolute atomic E-state index is 0.0301. The molecule has 0 N–H and O–H groups in total. The third kappa shape index (κ3) is 3.55. The Hall–Kier alpha value is -1.14. The summed E-state index contributed by atoms with van der Waals surface area (Å²) < 4.78 is 11.2. The number of aryl methyl sites for hydroxylation is 1. The predicted molar refractivity (Wildman–Crippen MR) is 79.5 cm³/mol. The first-order valence-electron chi connectivity index (χ1n) is 6.69. The topological polar surface area (TPSA) is 51.4 Å². The summed E-state index contributed by atoms with van der Waals surface area (Å²) in [5.74, 6) is 1.21. The van der Waals surface area contributed by atoms with Gasteiger partial charge >= 0.3 is 0 Å². The number of morpholine rings is 1. The van der Waals surface area contributed by atoms with E-state index in [1.807, 2.05) is 12.1 Å². The van der Waals surface area contributed by atoms with Crippen LogP contribution in [0.3, 0.4) is 0 Å². The molecule has 5 nitrogen and oxygen atoms in total. The minimum atomic E-state index is -0.0301. The van der Waals surface area contributed by atoms with Crippen LogP contribution >= 0.6 is 23.2 Å². The van der Waals surface area contributed by atoms with E-state index in [4.69, 9.17) is 32.4 Å². The van der Waals surface area contributed by atoms with E-state index in [-0.39, 0.29) is 6.10 Å². The van der Waals surface area contributed by atoms with E-state index in [1.165, 1.54) is 0 Å². The van der Waals surface area contributed by atoms with Crippen molar-refractivity contribution in [2.45, 2.75) is 19.6 Å². The molecule has 21 heavy (non-hydrogen) atoms. The van der Waals surface area contributed by atoms with Crippen molar-refractivity contribution in [1.29, 1.82) is 0 Å². The average Bonchev–Trinajstić information content (AvgIpc) is 2.87. The van der Waals surface area contributed by atoms with Gasteiger partial charge in [-0.2, -0.15) is 0 Å². The summed E-state index contributed by atoms with van der Waals surface area (Å²) >= 11 is 12.0. The molecule has 1 atom stereocenters. The van der Waals surface area contributed by atoms with Gasteiger partial charge in [-0.3, -0.25) is 4.90 Å². The quantitative estimate of drug-likeness (QED) is 0.866. The molecule has 1 fully saturated rings. The molecular weight excluding hydrogens is 313 g/mol. The van der Waals surface area contributed by atoms with E-state index in [2.05, 4.69) is 15.1 Å². The Kier molecular flexibility index (Phi) is 4.45. The van der Waals surface area contributed by atoms with Crippen LogP contribution in [0.5, 0.6) is 0 Å². The number of ether oxygens (including phenoxy) is 1. The summed E-state index contributed by atoms with van der Waals surface area (Å²) in [5.41, 5.74) is 1.02. The smallest absolute Gasteiger partial charge is 0.230 e. The number of aromatic nitrogens is 2. The van der Waals surface area contributed by atoms with E-state index in [0.29, 0.717) is 35.0 Å². The fourth-order valence-corrected chi connectivity index (χ4v) is 2.66. The lowest BCUT2D eigenvalue weighted by molar-refractivity contribution is -0.0352. The van der Waals surface area contributed by atoms with Gasteiger partial charge in [0.25, 0.3) is 0 Å². The molecule has 0 aliphatic carbocycles. The first-order valence-corrected chi connectivity index (χ1v) is 7.45. The van der Waals surface area contributed by atoms with Crippen LogP contribution in [0.2, 0.25) is 10.0 Å². The first kappa shape index (κ1) is 14.8. The maximum Gasteiger partial charge on any atom is 0.230 e. The lowest BCUT2D eigenvalue weighted by Crippen LogP contribution is -2.37. The van der Waals surface area contributed by atoms with E-state index in [9.17, 15) is 0 Å². The Bertz CT molecular complexity index is 632. The number of rotatable bonds is 3. The largest absolute Gasteiger partial charge is 0.424 e. The van der Waals surface area contributed by atoms with Crippen LogP contribution < -0.4 is 0 Å². The van der Waals surface area contributed by atoms with Crippen molar-refractivity contribution in [2.24, 2.45) is 0 Å². The lowest BCUT2D eigenvalue weighted by atomic mass is 10.1. The van der Waals surface area contributed by atoms with Gasteiger partial charge in [-0.25, -0.2) is 0 Å². The molecule has 0 radical (unpaired) electrons. The Morgan fingerprint density at radius 2 is 2.14 bits per heavy atom. The molecule has 0 bridgehead atoms. The standard InChI is InChI=1S/C14H15Cl2N3O2/c1-9-17-18-14(21-9)8-19-4-5-20-13(7-19)10-2-3-11(15)12(16)6-10/h2-3,6,13H,4-5,7-8H2,1H3/t13-/m1/s1. The Morgan fingerprint density at radius 3 is 2.86 bits per heavy atom. The first-order chi connectivity index (χ1) is 10.1. The zero-order valence-corrected chi connectivity index (χ0v) is 13.1. The van der Waals surface area contributed by atoms with Crippen LogP contribution in [0.1, 0.15) is 23.4 Å². The second kappa shape index (κ2) is 6.32. The van der Waals surface area contributed by atoms with Crippen LogP contribution in [0.4, 0.5) is 0 Å². The van der Waals surface area contributed by atoms with Crippen LogP contribution in [0.25, 0.3) is 0 Å². The van der Waals surface area contributed by atoms with Crippen molar-refractivity contribution < 1.29 is 9.15 Å². The lowest BCUT2D eigenvalue weighted by Gasteiger charge is -2.32. The third-order valence-electron chi connectivity index (χ3n) is 3.39. The van der Waals surface area contributed by atoms with E-state index < -0.39 is 0 Å². The molecule has 0 saturated carbocycles. The van der Waals surface area contributed by atoms with Gasteiger partial charge < -0.3 is 9.15 Å². The normalized spacial score (nSPS) is 19.9. The molecule has 0 unspecified atom stereocenters. The number of hydrogen-bond donors (Lipinski definition) is 0. The van der Waals surface area contributed by atoms with Crippen LogP contribution in [0, 0.1) is 6.92 Å². The van der Waals surface area contributed by atoms with Crippen molar-refractivity contribution in [3.8, 4) is 0 Å². The summed E-state index contributed by atoms with van der Waals surface area (Å²) in [6.07, 6.45) is -0.0301. The molecule has 1 aromatic heterocycles. The maximum absolute atomic E-state index is 6.07. The number of nitrogens with zero attached hydrogens (tertiary/aromatic N) is 3. The summed E-state index contributed by atoms with van der Waals surface area (Å²) in [6, 6.07) is 5.59. The fraction of sp³-hybridized carbons (Fsp3) is 0.429. The molecule has 1 aliphatic heterocycles. The molecule has 3 rings (SSSR count). The fourth-order valence-electron chi connectivity index (χ4n) is 2.35. The highest BCUT2D eigenvalue weighted by molar-refractivity contribution is 6.42. The predicted octanol–water partition coefficient (Wildman–Crippen LogP) is 3.26. The highest BCUT2D eigenvalue weighted by Crippen LogP contribution is 2.29. The third-order valence-corrected chi connectivity index (χ3v) is 4.13. The van der Waals surface area contributed by atoms with Gasteiger partial charge in [-0.1, -0.05) is 29.3 Å². The summed E-state index contributed by atoms with van der Waals surface area (Å²) in [6.45, 7) is 4.65. The number of halogens is 2. The van der Waals surface area contributed by atoms with Gasteiger partial charge in [0.1, 0.15) is 0 Å². The zero-order valence-electron chi connectivity index (χ0n) is 11.6. The van der Waals surface area contributed by atoms with E-state index in [1.54, 1.807) is 13.0 Å². The van der Waals surface area contributed by atoms with Gasteiger partial charge in [-0.05, 0) is 17.7 Å². The molecule has 2 heterocycles. The molecular formula is C14H15Cl2N3O2. The van der Waals surface area contributed by atoms with Crippen LogP contribution in [-0.2, 0) is 11.3 Å². The summed E-state index contributed by atoms with van der Waals surface area (Å²) in [5, 5.41) is 8.96. The van der Waals surface area contributed by atoms with Crippen molar-refractivity contribution in [1.82, 2.24) is 15.1 Å². The Balaban J connectivity index is 1.68. The molecule has 1 aliphatic rings. The molecule has 0 spiro atoms. The number of benzene rings is 1. The SMILES string of the molecule is Cc1nnc(CN2CCO[C@@H](c3ccc(Cl)c(Cl)c3)C2)o1. The van der Waals surface area contributed by atoms with Crippen molar-refractivity contribution in [2.75, 3.05) is 19.7 Å². The average molecular weight is 328 g/mol. The second-order valence-electron chi connectivity index (χ2n) is 4.98. The molecule has 112 valence electrons. The van der Waals surface area contributed by atoms with Gasteiger partial charge in [-0.15, -0.1) is 10.2 Å². The molecule has 2 aromatic rings. The monoisotopic (exact) mass is 327 g/mol. The van der Waals surface area contributed by atoms with E-state index >= 15 is 0 Å². The zero-order chi connectivity index (χ0) is 14.8. The van der Waals surface area contributed by atoms with Gasteiger partial charge in [0.05, 0.1) is 29.3 Å².